The van der Waals surface area contributed by atoms with Gasteiger partial charge in [-0.2, -0.15) is 10.5 Å². The first kappa shape index (κ1) is 10.5. The van der Waals surface area contributed by atoms with E-state index in [-0.39, 0.29) is 11.1 Å². The molecule has 0 bridgehead atoms. The molecule has 0 saturated carbocycles. The highest BCUT2D eigenvalue weighted by Gasteiger charge is 2.02. The van der Waals surface area contributed by atoms with Crippen molar-refractivity contribution in [3.8, 4) is 24.5 Å². The van der Waals surface area contributed by atoms with Crippen molar-refractivity contribution < 1.29 is 4.39 Å². The lowest BCUT2D eigenvalue weighted by molar-refractivity contribution is 0.625. The van der Waals surface area contributed by atoms with E-state index in [2.05, 4.69) is 5.92 Å². The van der Waals surface area contributed by atoms with Gasteiger partial charge in [0.05, 0.1) is 0 Å². The number of halogens is 1. The van der Waals surface area contributed by atoms with Gasteiger partial charge in [0.2, 0.25) is 0 Å². The van der Waals surface area contributed by atoms with Crippen LogP contribution in [-0.2, 0) is 0 Å². The van der Waals surface area contributed by atoms with E-state index in [1.54, 1.807) is 12.1 Å². The van der Waals surface area contributed by atoms with Crippen LogP contribution in [-0.4, -0.2) is 0 Å². The molecule has 1 aromatic rings. The van der Waals surface area contributed by atoms with E-state index in [1.807, 2.05) is 0 Å². The number of hydrogen-bond donors (Lipinski definition) is 0. The van der Waals surface area contributed by atoms with Crippen LogP contribution in [0.3, 0.4) is 0 Å². The topological polar surface area (TPSA) is 47.6 Å². The van der Waals surface area contributed by atoms with E-state index in [0.717, 1.165) is 6.08 Å². The molecule has 0 heterocycles. The van der Waals surface area contributed by atoms with E-state index in [4.69, 9.17) is 16.9 Å². The molecule has 0 aliphatic rings. The fourth-order valence-corrected chi connectivity index (χ4v) is 0.989. The highest BCUT2D eigenvalue weighted by Crippen LogP contribution is 2.13. The zero-order valence-corrected chi connectivity index (χ0v) is 7.66. The molecule has 1 aromatic carbocycles. The molecule has 0 amide bonds. The van der Waals surface area contributed by atoms with Crippen LogP contribution in [0, 0.1) is 40.8 Å². The van der Waals surface area contributed by atoms with Crippen molar-refractivity contribution in [2.75, 3.05) is 0 Å². The molecule has 2 nitrogen and oxygen atoms in total. The monoisotopic (exact) mass is 196 g/mol. The molecule has 0 N–H and O–H groups in total. The lowest BCUT2D eigenvalue weighted by atomic mass is 10.1. The molecule has 0 unspecified atom stereocenters. The smallest absolute Gasteiger partial charge is 0.130 e. The summed E-state index contributed by atoms with van der Waals surface area (Å²) in [5.74, 6) is 1.83. The summed E-state index contributed by atoms with van der Waals surface area (Å²) in [5.41, 5.74) is 0.476. The summed E-state index contributed by atoms with van der Waals surface area (Å²) in [4.78, 5) is 0. The second-order valence-corrected chi connectivity index (χ2v) is 2.66. The molecule has 0 fully saturated rings. The van der Waals surface area contributed by atoms with Crippen LogP contribution in [0.2, 0.25) is 0 Å². The van der Waals surface area contributed by atoms with E-state index in [0.29, 0.717) is 5.56 Å². The maximum atomic E-state index is 13.2. The van der Waals surface area contributed by atoms with E-state index in [9.17, 15) is 4.39 Å². The summed E-state index contributed by atoms with van der Waals surface area (Å²) in [6.07, 6.45) is 6.30. The Labute approximate surface area is 86.9 Å². The number of rotatable bonds is 1. The van der Waals surface area contributed by atoms with Crippen LogP contribution in [0.25, 0.3) is 6.08 Å². The van der Waals surface area contributed by atoms with Crippen molar-refractivity contribution in [3.63, 3.8) is 0 Å². The average molecular weight is 196 g/mol. The van der Waals surface area contributed by atoms with Gasteiger partial charge in [-0.25, -0.2) is 4.39 Å². The van der Waals surface area contributed by atoms with Gasteiger partial charge < -0.3 is 0 Å². The normalized spacial score (nSPS) is 8.13. The third-order valence-electron chi connectivity index (χ3n) is 1.70. The number of terminal acetylenes is 1. The van der Waals surface area contributed by atoms with Crippen molar-refractivity contribution in [2.24, 2.45) is 0 Å². The highest BCUT2D eigenvalue weighted by atomic mass is 19.1. The van der Waals surface area contributed by atoms with Gasteiger partial charge in [0.25, 0.3) is 0 Å². The van der Waals surface area contributed by atoms with Crippen LogP contribution < -0.4 is 0 Å². The van der Waals surface area contributed by atoms with Crippen molar-refractivity contribution >= 4 is 6.08 Å². The third-order valence-corrected chi connectivity index (χ3v) is 1.70. The molecule has 0 atom stereocenters. The minimum atomic E-state index is -0.517. The molecule has 0 spiro atoms. The quantitative estimate of drug-likeness (QED) is 0.510. The lowest BCUT2D eigenvalue weighted by Crippen LogP contribution is -1.85. The van der Waals surface area contributed by atoms with Gasteiger partial charge in [0.15, 0.2) is 0 Å². The minimum Gasteiger partial charge on any atom is -0.206 e. The highest BCUT2D eigenvalue weighted by molar-refractivity contribution is 5.63. The van der Waals surface area contributed by atoms with Crippen molar-refractivity contribution in [3.05, 3.63) is 40.7 Å². The van der Waals surface area contributed by atoms with Crippen LogP contribution >= 0.6 is 0 Å². The Balaban J connectivity index is 3.29. The number of benzene rings is 1. The molecule has 15 heavy (non-hydrogen) atoms. The fraction of sp³-hybridized carbons (Fsp3) is 0. The summed E-state index contributed by atoms with van der Waals surface area (Å²) >= 11 is 0. The molecule has 3 heteroatoms. The van der Waals surface area contributed by atoms with Crippen LogP contribution in [0.15, 0.2) is 23.8 Å². The Morgan fingerprint density at radius 2 is 2.00 bits per heavy atom. The Bertz CT molecular complexity index is 520. The minimum absolute atomic E-state index is 0.142. The Kier molecular flexibility index (Phi) is 3.23. The first-order valence-electron chi connectivity index (χ1n) is 3.99. The van der Waals surface area contributed by atoms with Crippen LogP contribution in [0.4, 0.5) is 4.39 Å². The molecular weight excluding hydrogens is 191 g/mol. The molecule has 0 aliphatic carbocycles. The molecular formula is C12H5FN2. The van der Waals surface area contributed by atoms with E-state index < -0.39 is 5.82 Å². The second-order valence-electron chi connectivity index (χ2n) is 2.66. The Hall–Kier alpha value is -2.57. The van der Waals surface area contributed by atoms with E-state index in [1.165, 1.54) is 18.2 Å². The number of nitrogens with zero attached hydrogens (tertiary/aromatic N) is 2. The summed E-state index contributed by atoms with van der Waals surface area (Å²) in [7, 11) is 0. The lowest BCUT2D eigenvalue weighted by Gasteiger charge is -1.97. The molecule has 70 valence electrons. The largest absolute Gasteiger partial charge is 0.206 e. The Morgan fingerprint density at radius 1 is 1.33 bits per heavy atom. The van der Waals surface area contributed by atoms with Gasteiger partial charge in [-0.1, -0.05) is 5.92 Å². The van der Waals surface area contributed by atoms with Crippen LogP contribution in [0.1, 0.15) is 11.1 Å². The predicted octanol–water partition coefficient (Wildman–Crippen LogP) is 2.24. The van der Waals surface area contributed by atoms with Crippen molar-refractivity contribution in [1.29, 1.82) is 10.5 Å². The molecule has 0 radical (unpaired) electrons. The number of allylic oxidation sites excluding steroid dienone is 1. The zero-order chi connectivity index (χ0) is 11.3. The molecule has 0 saturated heterocycles. The fourth-order valence-electron chi connectivity index (χ4n) is 0.989. The summed E-state index contributed by atoms with van der Waals surface area (Å²) < 4.78 is 13.2. The van der Waals surface area contributed by atoms with Gasteiger partial charge in [-0.05, 0) is 24.3 Å². The maximum Gasteiger partial charge on any atom is 0.130 e. The standard InChI is InChI=1S/C12H5FN2/c1-2-9-3-4-12(13)11(5-9)6-10(7-14)8-15/h1,3-6H. The second kappa shape index (κ2) is 4.61. The van der Waals surface area contributed by atoms with Gasteiger partial charge in [0, 0.05) is 11.1 Å². The predicted molar refractivity (Wildman–Crippen MR) is 53.5 cm³/mol. The Morgan fingerprint density at radius 3 is 2.53 bits per heavy atom. The SMILES string of the molecule is C#Cc1ccc(F)c(C=C(C#N)C#N)c1. The van der Waals surface area contributed by atoms with E-state index >= 15 is 0 Å². The van der Waals surface area contributed by atoms with Gasteiger partial charge in [-0.3, -0.25) is 0 Å². The maximum absolute atomic E-state index is 13.2. The first-order valence-corrected chi connectivity index (χ1v) is 3.99. The third kappa shape index (κ3) is 2.44. The van der Waals surface area contributed by atoms with Crippen molar-refractivity contribution in [1.82, 2.24) is 0 Å². The summed E-state index contributed by atoms with van der Waals surface area (Å²) in [6, 6.07) is 7.35. The number of hydrogen-bond acceptors (Lipinski definition) is 2. The van der Waals surface area contributed by atoms with Crippen LogP contribution in [0.5, 0.6) is 0 Å². The van der Waals surface area contributed by atoms with Gasteiger partial charge in [0.1, 0.15) is 23.5 Å². The van der Waals surface area contributed by atoms with Gasteiger partial charge >= 0.3 is 0 Å². The van der Waals surface area contributed by atoms with Gasteiger partial charge in [-0.15, -0.1) is 6.42 Å². The summed E-state index contributed by atoms with van der Waals surface area (Å²) in [6.45, 7) is 0. The average Bonchev–Trinajstić information content (AvgIpc) is 2.28. The molecule has 0 aromatic heterocycles. The molecule has 1 rings (SSSR count). The number of nitriles is 2. The first-order chi connectivity index (χ1) is 7.21. The molecule has 0 aliphatic heterocycles. The summed E-state index contributed by atoms with van der Waals surface area (Å²) in [5, 5.41) is 17.0. The van der Waals surface area contributed by atoms with Crippen molar-refractivity contribution in [2.45, 2.75) is 0 Å². The zero-order valence-electron chi connectivity index (χ0n) is 7.66.